The summed E-state index contributed by atoms with van der Waals surface area (Å²) in [7, 11) is 1.38. The number of rotatable bonds is 4. The SMILES string of the molecule is CCc1ccc(C2=NN3[C@@H](C2)c2ccccc2O[C@H]3c2ccc(C(=O)OC)cc2)cc1. The molecule has 0 aliphatic carbocycles. The molecule has 0 fully saturated rings. The van der Waals surface area contributed by atoms with Crippen molar-refractivity contribution < 1.29 is 14.3 Å². The molecule has 0 saturated carbocycles. The van der Waals surface area contributed by atoms with Crippen LogP contribution in [0.15, 0.2) is 77.9 Å². The Kier molecular flexibility index (Phi) is 4.94. The summed E-state index contributed by atoms with van der Waals surface area (Å²) in [6.45, 7) is 2.16. The summed E-state index contributed by atoms with van der Waals surface area (Å²) in [6, 6.07) is 24.3. The molecule has 0 aromatic heterocycles. The molecule has 3 aromatic carbocycles. The van der Waals surface area contributed by atoms with Crippen LogP contribution in [0.2, 0.25) is 0 Å². The van der Waals surface area contributed by atoms with E-state index in [0.717, 1.165) is 41.0 Å². The van der Waals surface area contributed by atoms with Gasteiger partial charge < -0.3 is 9.47 Å². The van der Waals surface area contributed by atoms with Crippen LogP contribution < -0.4 is 4.74 Å². The summed E-state index contributed by atoms with van der Waals surface area (Å²) in [5, 5.41) is 7.05. The average Bonchev–Trinajstić information content (AvgIpc) is 3.29. The van der Waals surface area contributed by atoms with E-state index in [-0.39, 0.29) is 18.2 Å². The number of carbonyl (C=O) groups is 1. The van der Waals surface area contributed by atoms with Crippen LogP contribution in [-0.2, 0) is 11.2 Å². The molecule has 2 aliphatic rings. The zero-order valence-electron chi connectivity index (χ0n) is 17.6. The second kappa shape index (κ2) is 7.91. The number of nitrogens with zero attached hydrogens (tertiary/aromatic N) is 2. The van der Waals surface area contributed by atoms with E-state index in [1.54, 1.807) is 12.1 Å². The van der Waals surface area contributed by atoms with Crippen molar-refractivity contribution in [2.24, 2.45) is 5.10 Å². The zero-order chi connectivity index (χ0) is 21.4. The van der Waals surface area contributed by atoms with E-state index in [1.807, 2.05) is 30.3 Å². The Morgan fingerprint density at radius 3 is 2.52 bits per heavy atom. The van der Waals surface area contributed by atoms with Gasteiger partial charge in [0.15, 0.2) is 0 Å². The monoisotopic (exact) mass is 412 g/mol. The predicted molar refractivity (Wildman–Crippen MR) is 119 cm³/mol. The van der Waals surface area contributed by atoms with Crippen molar-refractivity contribution in [3.63, 3.8) is 0 Å². The lowest BCUT2D eigenvalue weighted by molar-refractivity contribution is -0.0190. The van der Waals surface area contributed by atoms with E-state index in [2.05, 4.69) is 42.3 Å². The van der Waals surface area contributed by atoms with E-state index in [4.69, 9.17) is 14.6 Å². The van der Waals surface area contributed by atoms with Gasteiger partial charge in [-0.3, -0.25) is 0 Å². The van der Waals surface area contributed by atoms with Gasteiger partial charge in [0.2, 0.25) is 6.23 Å². The van der Waals surface area contributed by atoms with Crippen molar-refractivity contribution in [2.45, 2.75) is 32.0 Å². The molecule has 0 saturated heterocycles. The number of para-hydroxylation sites is 1. The maximum absolute atomic E-state index is 11.8. The van der Waals surface area contributed by atoms with Crippen molar-refractivity contribution in [1.29, 1.82) is 0 Å². The van der Waals surface area contributed by atoms with E-state index in [1.165, 1.54) is 12.7 Å². The Labute approximate surface area is 181 Å². The minimum Gasteiger partial charge on any atom is -0.465 e. The first-order chi connectivity index (χ1) is 15.2. The number of fused-ring (bicyclic) bond motifs is 3. The number of aryl methyl sites for hydroxylation is 1. The standard InChI is InChI=1S/C26H24N2O3/c1-3-17-8-10-18(11-9-17)22-16-23-21-6-4-5-7-24(21)31-25(28(23)27-22)19-12-14-20(15-13-19)26(29)30-2/h4-15,23,25H,3,16H2,1-2H3/t23-,25-/m0/s1. The lowest BCUT2D eigenvalue weighted by Gasteiger charge is -2.38. The van der Waals surface area contributed by atoms with E-state index < -0.39 is 0 Å². The fraction of sp³-hybridized carbons (Fsp3) is 0.231. The number of methoxy groups -OCH3 is 1. The summed E-state index contributed by atoms with van der Waals surface area (Å²) in [5.41, 5.74) is 6.12. The fourth-order valence-corrected chi connectivity index (χ4v) is 4.26. The lowest BCUT2D eigenvalue weighted by Crippen LogP contribution is -2.33. The molecule has 5 heteroatoms. The minimum absolute atomic E-state index is 0.107. The van der Waals surface area contributed by atoms with E-state index >= 15 is 0 Å². The number of benzene rings is 3. The second-order valence-electron chi connectivity index (χ2n) is 7.82. The van der Waals surface area contributed by atoms with Gasteiger partial charge in [0.25, 0.3) is 0 Å². The molecular weight excluding hydrogens is 388 g/mol. The maximum atomic E-state index is 11.8. The number of carbonyl (C=O) groups excluding carboxylic acids is 1. The summed E-state index contributed by atoms with van der Waals surface area (Å²) >= 11 is 0. The molecule has 3 aromatic rings. The molecule has 0 amide bonds. The van der Waals surface area contributed by atoms with Crippen LogP contribution in [0.3, 0.4) is 0 Å². The highest BCUT2D eigenvalue weighted by Crippen LogP contribution is 2.47. The number of esters is 1. The highest BCUT2D eigenvalue weighted by atomic mass is 16.5. The number of hydrogen-bond acceptors (Lipinski definition) is 5. The van der Waals surface area contributed by atoms with Crippen molar-refractivity contribution in [2.75, 3.05) is 7.11 Å². The molecule has 0 spiro atoms. The smallest absolute Gasteiger partial charge is 0.337 e. The van der Waals surface area contributed by atoms with Gasteiger partial charge in [-0.05, 0) is 35.7 Å². The Balaban J connectivity index is 1.52. The molecule has 0 radical (unpaired) electrons. The van der Waals surface area contributed by atoms with Gasteiger partial charge in [-0.15, -0.1) is 0 Å². The third-order valence-corrected chi connectivity index (χ3v) is 6.01. The Morgan fingerprint density at radius 2 is 1.81 bits per heavy atom. The van der Waals surface area contributed by atoms with Gasteiger partial charge >= 0.3 is 5.97 Å². The molecule has 0 unspecified atom stereocenters. The van der Waals surface area contributed by atoms with Gasteiger partial charge in [-0.25, -0.2) is 9.80 Å². The topological polar surface area (TPSA) is 51.1 Å². The average molecular weight is 412 g/mol. The van der Waals surface area contributed by atoms with Crippen LogP contribution in [0.4, 0.5) is 0 Å². The first-order valence-electron chi connectivity index (χ1n) is 10.6. The third-order valence-electron chi connectivity index (χ3n) is 6.01. The van der Waals surface area contributed by atoms with Crippen molar-refractivity contribution in [3.05, 3.63) is 101 Å². The molecule has 2 heterocycles. The molecule has 2 aliphatic heterocycles. The first-order valence-corrected chi connectivity index (χ1v) is 10.6. The molecule has 2 atom stereocenters. The Bertz CT molecular complexity index is 1140. The number of ether oxygens (including phenoxy) is 2. The third kappa shape index (κ3) is 3.46. The van der Waals surface area contributed by atoms with E-state index in [9.17, 15) is 4.79 Å². The molecule has 5 nitrogen and oxygen atoms in total. The molecule has 5 rings (SSSR count). The van der Waals surface area contributed by atoms with Crippen LogP contribution in [0.5, 0.6) is 5.75 Å². The highest BCUT2D eigenvalue weighted by molar-refractivity contribution is 6.02. The number of hydrazone groups is 1. The second-order valence-corrected chi connectivity index (χ2v) is 7.82. The first kappa shape index (κ1) is 19.4. The van der Waals surface area contributed by atoms with Crippen molar-refractivity contribution in [3.8, 4) is 5.75 Å². The molecule has 0 N–H and O–H groups in total. The normalized spacial score (nSPS) is 19.2. The Hall–Kier alpha value is -3.60. The predicted octanol–water partition coefficient (Wildman–Crippen LogP) is 5.28. The van der Waals surface area contributed by atoms with Crippen LogP contribution in [0.25, 0.3) is 0 Å². The van der Waals surface area contributed by atoms with Crippen molar-refractivity contribution in [1.82, 2.24) is 5.01 Å². The highest BCUT2D eigenvalue weighted by Gasteiger charge is 2.40. The van der Waals surface area contributed by atoms with E-state index in [0.29, 0.717) is 5.56 Å². The summed E-state index contributed by atoms with van der Waals surface area (Å²) in [4.78, 5) is 11.8. The largest absolute Gasteiger partial charge is 0.465 e. The molecule has 31 heavy (non-hydrogen) atoms. The van der Waals surface area contributed by atoms with Crippen LogP contribution in [0, 0.1) is 0 Å². The van der Waals surface area contributed by atoms with Gasteiger partial charge in [0.05, 0.1) is 24.4 Å². The summed E-state index contributed by atoms with van der Waals surface area (Å²) < 4.78 is 11.2. The summed E-state index contributed by atoms with van der Waals surface area (Å²) in [6.07, 6.45) is 1.48. The van der Waals surface area contributed by atoms with Gasteiger partial charge in [-0.1, -0.05) is 61.5 Å². The molecule has 0 bridgehead atoms. The quantitative estimate of drug-likeness (QED) is 0.547. The maximum Gasteiger partial charge on any atom is 0.337 e. The van der Waals surface area contributed by atoms with Gasteiger partial charge in [-0.2, -0.15) is 5.10 Å². The van der Waals surface area contributed by atoms with Crippen LogP contribution in [-0.4, -0.2) is 23.8 Å². The Morgan fingerprint density at radius 1 is 1.06 bits per heavy atom. The van der Waals surface area contributed by atoms with Gasteiger partial charge in [0.1, 0.15) is 5.75 Å². The minimum atomic E-state index is -0.362. The van der Waals surface area contributed by atoms with Crippen LogP contribution in [0.1, 0.15) is 58.2 Å². The molecule has 156 valence electrons. The molecular formula is C26H24N2O3. The van der Waals surface area contributed by atoms with Gasteiger partial charge in [0, 0.05) is 17.5 Å². The fourth-order valence-electron chi connectivity index (χ4n) is 4.26. The van der Waals surface area contributed by atoms with Crippen LogP contribution >= 0.6 is 0 Å². The number of hydrogen-bond donors (Lipinski definition) is 0. The summed E-state index contributed by atoms with van der Waals surface area (Å²) in [5.74, 6) is 0.528. The lowest BCUT2D eigenvalue weighted by atomic mass is 9.95. The van der Waals surface area contributed by atoms with Crippen molar-refractivity contribution >= 4 is 11.7 Å². The zero-order valence-corrected chi connectivity index (χ0v) is 17.6.